The van der Waals surface area contributed by atoms with Crippen LogP contribution >= 0.6 is 0 Å². The van der Waals surface area contributed by atoms with E-state index in [0.29, 0.717) is 12.4 Å². The van der Waals surface area contributed by atoms with Gasteiger partial charge in [0.05, 0.1) is 19.8 Å². The fourth-order valence-corrected chi connectivity index (χ4v) is 2.16. The van der Waals surface area contributed by atoms with Crippen LogP contribution in [0.2, 0.25) is 0 Å². The van der Waals surface area contributed by atoms with Crippen molar-refractivity contribution in [1.29, 1.82) is 0 Å². The summed E-state index contributed by atoms with van der Waals surface area (Å²) in [5, 5.41) is 13.5. The number of aryl methyl sites for hydroxylation is 1. The Kier molecular flexibility index (Phi) is 3.54. The molecule has 1 atom stereocenters. The highest BCUT2D eigenvalue weighted by molar-refractivity contribution is 5.54. The number of methoxy groups -OCH3 is 1. The fourth-order valence-electron chi connectivity index (χ4n) is 2.16. The zero-order valence-corrected chi connectivity index (χ0v) is 10.5. The van der Waals surface area contributed by atoms with Crippen molar-refractivity contribution in [2.75, 3.05) is 26.8 Å². The van der Waals surface area contributed by atoms with Gasteiger partial charge in [0.2, 0.25) is 0 Å². The second-order valence-electron chi connectivity index (χ2n) is 4.35. The maximum absolute atomic E-state index is 10.2. The average Bonchev–Trinajstić information content (AvgIpc) is 2.36. The molecule has 1 aliphatic heterocycles. The van der Waals surface area contributed by atoms with E-state index in [9.17, 15) is 5.11 Å². The summed E-state index contributed by atoms with van der Waals surface area (Å²) in [6, 6.07) is 1.98. The molecule has 0 spiro atoms. The minimum Gasteiger partial charge on any atom is -0.504 e. The number of benzene rings is 1. The van der Waals surface area contributed by atoms with Crippen molar-refractivity contribution in [3.8, 4) is 11.5 Å². The van der Waals surface area contributed by atoms with Crippen molar-refractivity contribution < 1.29 is 14.6 Å². The standard InChI is InChI=1S/C13H19NO3/c1-8-6-10(11-7-14-4-5-17-11)12(15)13(16-3)9(8)2/h6,11,14-15H,4-5,7H2,1-3H3. The highest BCUT2D eigenvalue weighted by Gasteiger charge is 2.23. The van der Waals surface area contributed by atoms with Gasteiger partial charge in [-0.2, -0.15) is 0 Å². The normalized spacial score (nSPS) is 20.3. The molecule has 0 aromatic heterocycles. The van der Waals surface area contributed by atoms with Gasteiger partial charge in [0.1, 0.15) is 0 Å². The van der Waals surface area contributed by atoms with Crippen LogP contribution in [0.4, 0.5) is 0 Å². The molecular formula is C13H19NO3. The van der Waals surface area contributed by atoms with Gasteiger partial charge in [-0.3, -0.25) is 0 Å². The van der Waals surface area contributed by atoms with Crippen molar-refractivity contribution in [2.24, 2.45) is 0 Å². The predicted molar refractivity (Wildman–Crippen MR) is 65.7 cm³/mol. The third-order valence-electron chi connectivity index (χ3n) is 3.27. The molecule has 0 amide bonds. The molecule has 1 aromatic carbocycles. The van der Waals surface area contributed by atoms with Crippen molar-refractivity contribution in [1.82, 2.24) is 5.32 Å². The number of rotatable bonds is 2. The number of aromatic hydroxyl groups is 1. The fraction of sp³-hybridized carbons (Fsp3) is 0.538. The number of nitrogens with one attached hydrogen (secondary N) is 1. The first-order valence-corrected chi connectivity index (χ1v) is 5.84. The van der Waals surface area contributed by atoms with Gasteiger partial charge in [-0.15, -0.1) is 0 Å². The Morgan fingerprint density at radius 1 is 1.47 bits per heavy atom. The zero-order valence-electron chi connectivity index (χ0n) is 10.5. The average molecular weight is 237 g/mol. The third-order valence-corrected chi connectivity index (χ3v) is 3.27. The predicted octanol–water partition coefficient (Wildman–Crippen LogP) is 1.68. The molecule has 1 heterocycles. The van der Waals surface area contributed by atoms with Crippen LogP contribution in [-0.4, -0.2) is 31.9 Å². The van der Waals surface area contributed by atoms with E-state index < -0.39 is 0 Å². The lowest BCUT2D eigenvalue weighted by atomic mass is 9.99. The first-order chi connectivity index (χ1) is 8.15. The largest absolute Gasteiger partial charge is 0.504 e. The Labute approximate surface area is 102 Å². The number of morpholine rings is 1. The molecule has 2 N–H and O–H groups in total. The lowest BCUT2D eigenvalue weighted by Crippen LogP contribution is -2.33. The van der Waals surface area contributed by atoms with Crippen LogP contribution < -0.4 is 10.1 Å². The lowest BCUT2D eigenvalue weighted by molar-refractivity contribution is 0.0260. The molecule has 2 rings (SSSR count). The Hall–Kier alpha value is -1.26. The first kappa shape index (κ1) is 12.2. The monoisotopic (exact) mass is 237 g/mol. The van der Waals surface area contributed by atoms with E-state index in [-0.39, 0.29) is 11.9 Å². The SMILES string of the molecule is COc1c(C)c(C)cc(C2CNCCO2)c1O. The summed E-state index contributed by atoms with van der Waals surface area (Å²) in [6.45, 7) is 6.20. The molecule has 4 heteroatoms. The van der Waals surface area contributed by atoms with E-state index in [1.54, 1.807) is 7.11 Å². The number of hydrogen-bond donors (Lipinski definition) is 2. The van der Waals surface area contributed by atoms with Gasteiger partial charge in [0, 0.05) is 18.7 Å². The summed E-state index contributed by atoms with van der Waals surface area (Å²) in [5.74, 6) is 0.749. The summed E-state index contributed by atoms with van der Waals surface area (Å²) in [5.41, 5.74) is 2.87. The lowest BCUT2D eigenvalue weighted by Gasteiger charge is -2.26. The highest BCUT2D eigenvalue weighted by Crippen LogP contribution is 2.39. The van der Waals surface area contributed by atoms with Gasteiger partial charge in [-0.25, -0.2) is 0 Å². The Morgan fingerprint density at radius 3 is 2.82 bits per heavy atom. The van der Waals surface area contributed by atoms with Gasteiger partial charge in [0.25, 0.3) is 0 Å². The topological polar surface area (TPSA) is 50.7 Å². The third kappa shape index (κ3) is 2.23. The molecule has 1 unspecified atom stereocenters. The number of phenols is 1. The summed E-state index contributed by atoms with van der Waals surface area (Å²) in [7, 11) is 1.57. The summed E-state index contributed by atoms with van der Waals surface area (Å²) in [4.78, 5) is 0. The summed E-state index contributed by atoms with van der Waals surface area (Å²) >= 11 is 0. The quantitative estimate of drug-likeness (QED) is 0.821. The van der Waals surface area contributed by atoms with E-state index in [0.717, 1.165) is 29.8 Å². The highest BCUT2D eigenvalue weighted by atomic mass is 16.5. The van der Waals surface area contributed by atoms with E-state index in [1.807, 2.05) is 19.9 Å². The maximum atomic E-state index is 10.2. The van der Waals surface area contributed by atoms with Crippen LogP contribution in [-0.2, 0) is 4.74 Å². The summed E-state index contributed by atoms with van der Waals surface area (Å²) in [6.07, 6.45) is -0.100. The van der Waals surface area contributed by atoms with Crippen LogP contribution in [0, 0.1) is 13.8 Å². The van der Waals surface area contributed by atoms with Crippen LogP contribution in [0.25, 0.3) is 0 Å². The van der Waals surface area contributed by atoms with Crippen molar-refractivity contribution in [3.63, 3.8) is 0 Å². The van der Waals surface area contributed by atoms with Crippen molar-refractivity contribution in [3.05, 3.63) is 22.8 Å². The van der Waals surface area contributed by atoms with Crippen LogP contribution in [0.3, 0.4) is 0 Å². The van der Waals surface area contributed by atoms with E-state index >= 15 is 0 Å². The van der Waals surface area contributed by atoms with Crippen molar-refractivity contribution in [2.45, 2.75) is 20.0 Å². The number of phenolic OH excluding ortho intramolecular Hbond substituents is 1. The molecule has 4 nitrogen and oxygen atoms in total. The van der Waals surface area contributed by atoms with E-state index in [4.69, 9.17) is 9.47 Å². The van der Waals surface area contributed by atoms with E-state index in [2.05, 4.69) is 5.32 Å². The molecule has 0 radical (unpaired) electrons. The Balaban J connectivity index is 2.42. The molecule has 17 heavy (non-hydrogen) atoms. The second kappa shape index (κ2) is 4.94. The number of hydrogen-bond acceptors (Lipinski definition) is 4. The molecular weight excluding hydrogens is 218 g/mol. The number of ether oxygens (including phenoxy) is 2. The molecule has 0 saturated carbocycles. The minimum absolute atomic E-state index is 0.100. The van der Waals surface area contributed by atoms with Gasteiger partial charge >= 0.3 is 0 Å². The van der Waals surface area contributed by atoms with Crippen LogP contribution in [0.5, 0.6) is 11.5 Å². The van der Waals surface area contributed by atoms with Gasteiger partial charge in [0.15, 0.2) is 11.5 Å². The second-order valence-corrected chi connectivity index (χ2v) is 4.35. The van der Waals surface area contributed by atoms with E-state index in [1.165, 1.54) is 0 Å². The molecule has 0 aliphatic carbocycles. The minimum atomic E-state index is -0.100. The molecule has 0 bridgehead atoms. The molecule has 1 saturated heterocycles. The summed E-state index contributed by atoms with van der Waals surface area (Å²) < 4.78 is 10.9. The van der Waals surface area contributed by atoms with Gasteiger partial charge < -0.3 is 19.9 Å². The first-order valence-electron chi connectivity index (χ1n) is 5.84. The Bertz CT molecular complexity index is 412. The van der Waals surface area contributed by atoms with Crippen LogP contribution in [0.1, 0.15) is 22.8 Å². The molecule has 94 valence electrons. The molecule has 1 aliphatic rings. The molecule has 1 aromatic rings. The van der Waals surface area contributed by atoms with Gasteiger partial charge in [-0.1, -0.05) is 0 Å². The van der Waals surface area contributed by atoms with Crippen LogP contribution in [0.15, 0.2) is 6.07 Å². The smallest absolute Gasteiger partial charge is 0.164 e. The zero-order chi connectivity index (χ0) is 12.4. The molecule has 1 fully saturated rings. The van der Waals surface area contributed by atoms with Gasteiger partial charge in [-0.05, 0) is 31.0 Å². The Morgan fingerprint density at radius 2 is 2.24 bits per heavy atom. The maximum Gasteiger partial charge on any atom is 0.164 e. The van der Waals surface area contributed by atoms with Crippen molar-refractivity contribution >= 4 is 0 Å².